The Labute approximate surface area is 173 Å². The van der Waals surface area contributed by atoms with E-state index in [1.54, 1.807) is 18.0 Å². The number of amides is 1. The van der Waals surface area contributed by atoms with E-state index in [4.69, 9.17) is 0 Å². The van der Waals surface area contributed by atoms with E-state index in [2.05, 4.69) is 32.6 Å². The normalized spacial score (nSPS) is 10.9. The van der Waals surface area contributed by atoms with Gasteiger partial charge in [0.2, 0.25) is 0 Å². The molecule has 28 heavy (non-hydrogen) atoms. The molecule has 0 radical (unpaired) electrons. The molecular formula is C21H20N4OS2. The van der Waals surface area contributed by atoms with Crippen molar-refractivity contribution in [3.05, 3.63) is 77.6 Å². The number of hydrazone groups is 1. The fourth-order valence-corrected chi connectivity index (χ4v) is 3.93. The zero-order valence-electron chi connectivity index (χ0n) is 15.6. The van der Waals surface area contributed by atoms with Crippen molar-refractivity contribution in [2.45, 2.75) is 28.8 Å². The maximum Gasteiger partial charge on any atom is 0.250 e. The summed E-state index contributed by atoms with van der Waals surface area (Å²) in [4.78, 5) is 22.9. The standard InChI is InChI=1S/C21H20N4OS2/c1-15-12-16(2)24-21(23-15)27-14-20(26)25-22-13-17-8-10-19(11-9-17)28-18-6-4-3-5-7-18/h3-13H,14H2,1-2H3,(H,25,26)/b22-13-. The van der Waals surface area contributed by atoms with Gasteiger partial charge in [-0.15, -0.1) is 0 Å². The molecule has 0 aliphatic carbocycles. The second-order valence-electron chi connectivity index (χ2n) is 6.00. The van der Waals surface area contributed by atoms with Gasteiger partial charge in [-0.25, -0.2) is 15.4 Å². The lowest BCUT2D eigenvalue weighted by Gasteiger charge is -2.03. The summed E-state index contributed by atoms with van der Waals surface area (Å²) in [7, 11) is 0. The second-order valence-corrected chi connectivity index (χ2v) is 8.09. The lowest BCUT2D eigenvalue weighted by atomic mass is 10.2. The van der Waals surface area contributed by atoms with Crippen LogP contribution in [0.15, 0.2) is 80.7 Å². The first-order valence-electron chi connectivity index (χ1n) is 8.68. The Kier molecular flexibility index (Phi) is 7.22. The number of aryl methyl sites for hydroxylation is 2. The van der Waals surface area contributed by atoms with Crippen LogP contribution in [-0.2, 0) is 4.79 Å². The van der Waals surface area contributed by atoms with Crippen LogP contribution in [0.1, 0.15) is 17.0 Å². The van der Waals surface area contributed by atoms with Crippen LogP contribution in [-0.4, -0.2) is 27.8 Å². The zero-order valence-corrected chi connectivity index (χ0v) is 17.3. The molecule has 7 heteroatoms. The van der Waals surface area contributed by atoms with Crippen LogP contribution in [0.25, 0.3) is 0 Å². The number of hydrogen-bond acceptors (Lipinski definition) is 6. The van der Waals surface area contributed by atoms with Crippen LogP contribution >= 0.6 is 23.5 Å². The zero-order chi connectivity index (χ0) is 19.8. The molecule has 1 heterocycles. The molecule has 1 aromatic heterocycles. The van der Waals surface area contributed by atoms with Crippen LogP contribution in [0.3, 0.4) is 0 Å². The van der Waals surface area contributed by atoms with Crippen molar-refractivity contribution < 1.29 is 4.79 Å². The molecule has 3 aromatic rings. The topological polar surface area (TPSA) is 67.2 Å². The molecular weight excluding hydrogens is 388 g/mol. The van der Waals surface area contributed by atoms with Crippen molar-refractivity contribution >= 4 is 35.6 Å². The molecule has 1 amide bonds. The van der Waals surface area contributed by atoms with Gasteiger partial charge >= 0.3 is 0 Å². The van der Waals surface area contributed by atoms with E-state index in [0.717, 1.165) is 21.8 Å². The van der Waals surface area contributed by atoms with Gasteiger partial charge in [0.15, 0.2) is 5.16 Å². The lowest BCUT2D eigenvalue weighted by molar-refractivity contribution is -0.118. The summed E-state index contributed by atoms with van der Waals surface area (Å²) in [5.74, 6) is 0.0210. The Bertz CT molecular complexity index is 940. The first-order chi connectivity index (χ1) is 13.6. The SMILES string of the molecule is Cc1cc(C)nc(SCC(=O)N/N=C\c2ccc(Sc3ccccc3)cc2)n1. The predicted octanol–water partition coefficient (Wildman–Crippen LogP) is 4.49. The summed E-state index contributed by atoms with van der Waals surface area (Å²) in [6.07, 6.45) is 1.63. The molecule has 142 valence electrons. The van der Waals surface area contributed by atoms with E-state index in [1.165, 1.54) is 16.7 Å². The van der Waals surface area contributed by atoms with Gasteiger partial charge in [0.25, 0.3) is 5.91 Å². The number of carbonyl (C=O) groups is 1. The number of thioether (sulfide) groups is 1. The van der Waals surface area contributed by atoms with E-state index >= 15 is 0 Å². The Morgan fingerprint density at radius 1 is 1.00 bits per heavy atom. The van der Waals surface area contributed by atoms with Gasteiger partial charge in [0, 0.05) is 21.2 Å². The molecule has 1 N–H and O–H groups in total. The van der Waals surface area contributed by atoms with Crippen LogP contribution in [0.5, 0.6) is 0 Å². The highest BCUT2D eigenvalue weighted by Gasteiger charge is 2.05. The van der Waals surface area contributed by atoms with E-state index < -0.39 is 0 Å². The van der Waals surface area contributed by atoms with Gasteiger partial charge in [-0.1, -0.05) is 53.9 Å². The molecule has 0 aliphatic heterocycles. The fourth-order valence-electron chi connectivity index (χ4n) is 2.35. The fraction of sp³-hybridized carbons (Fsp3) is 0.143. The van der Waals surface area contributed by atoms with E-state index in [1.807, 2.05) is 62.4 Å². The van der Waals surface area contributed by atoms with E-state index in [9.17, 15) is 4.79 Å². The molecule has 0 atom stereocenters. The molecule has 3 rings (SSSR count). The van der Waals surface area contributed by atoms with Crippen LogP contribution in [0, 0.1) is 13.8 Å². The number of nitrogens with zero attached hydrogens (tertiary/aromatic N) is 3. The maximum atomic E-state index is 11.9. The number of rotatable bonds is 7. The van der Waals surface area contributed by atoms with Crippen LogP contribution in [0.2, 0.25) is 0 Å². The number of aromatic nitrogens is 2. The Balaban J connectivity index is 1.46. The van der Waals surface area contributed by atoms with Gasteiger partial charge in [-0.3, -0.25) is 4.79 Å². The minimum absolute atomic E-state index is 0.194. The molecule has 5 nitrogen and oxygen atoms in total. The predicted molar refractivity (Wildman–Crippen MR) is 115 cm³/mol. The number of benzene rings is 2. The summed E-state index contributed by atoms with van der Waals surface area (Å²) >= 11 is 3.00. The van der Waals surface area contributed by atoms with Gasteiger partial charge in [0.05, 0.1) is 12.0 Å². The Morgan fingerprint density at radius 3 is 2.32 bits per heavy atom. The van der Waals surface area contributed by atoms with Crippen LogP contribution in [0.4, 0.5) is 0 Å². The molecule has 0 unspecified atom stereocenters. The third-order valence-corrected chi connectivity index (χ3v) is 5.42. The highest BCUT2D eigenvalue weighted by molar-refractivity contribution is 7.99. The van der Waals surface area contributed by atoms with Crippen molar-refractivity contribution in [2.75, 3.05) is 5.75 Å². The van der Waals surface area contributed by atoms with Gasteiger partial charge in [-0.2, -0.15) is 5.10 Å². The third kappa shape index (κ3) is 6.51. The summed E-state index contributed by atoms with van der Waals surface area (Å²) in [6, 6.07) is 20.1. The average molecular weight is 409 g/mol. The maximum absolute atomic E-state index is 11.9. The largest absolute Gasteiger partial charge is 0.272 e. The summed E-state index contributed by atoms with van der Waals surface area (Å²) < 4.78 is 0. The molecule has 0 aliphatic rings. The number of hydrogen-bond donors (Lipinski definition) is 1. The van der Waals surface area contributed by atoms with Crippen molar-refractivity contribution in [1.29, 1.82) is 0 Å². The highest BCUT2D eigenvalue weighted by Crippen LogP contribution is 2.27. The Morgan fingerprint density at radius 2 is 1.64 bits per heavy atom. The summed E-state index contributed by atoms with van der Waals surface area (Å²) in [5.41, 5.74) is 5.24. The van der Waals surface area contributed by atoms with E-state index in [0.29, 0.717) is 5.16 Å². The minimum Gasteiger partial charge on any atom is -0.272 e. The number of carbonyl (C=O) groups excluding carboxylic acids is 1. The summed E-state index contributed by atoms with van der Waals surface area (Å²) in [5, 5.41) is 4.62. The second kappa shape index (κ2) is 10.1. The average Bonchev–Trinajstić information content (AvgIpc) is 2.68. The first-order valence-corrected chi connectivity index (χ1v) is 10.5. The first kappa shape index (κ1) is 20.1. The monoisotopic (exact) mass is 408 g/mol. The molecule has 0 saturated carbocycles. The summed E-state index contributed by atoms with van der Waals surface area (Å²) in [6.45, 7) is 3.82. The highest BCUT2D eigenvalue weighted by atomic mass is 32.2. The van der Waals surface area contributed by atoms with Gasteiger partial charge < -0.3 is 0 Å². The van der Waals surface area contributed by atoms with Crippen molar-refractivity contribution in [1.82, 2.24) is 15.4 Å². The smallest absolute Gasteiger partial charge is 0.250 e. The number of nitrogens with one attached hydrogen (secondary N) is 1. The Hall–Kier alpha value is -2.64. The third-order valence-electron chi connectivity index (χ3n) is 3.56. The van der Waals surface area contributed by atoms with Crippen molar-refractivity contribution in [3.8, 4) is 0 Å². The molecule has 0 spiro atoms. The quantitative estimate of drug-likeness (QED) is 0.270. The molecule has 0 bridgehead atoms. The van der Waals surface area contributed by atoms with Crippen molar-refractivity contribution in [3.63, 3.8) is 0 Å². The minimum atomic E-state index is -0.194. The molecule has 0 saturated heterocycles. The molecule has 2 aromatic carbocycles. The van der Waals surface area contributed by atoms with E-state index in [-0.39, 0.29) is 11.7 Å². The van der Waals surface area contributed by atoms with Gasteiger partial charge in [0.1, 0.15) is 0 Å². The molecule has 0 fully saturated rings. The van der Waals surface area contributed by atoms with Gasteiger partial charge in [-0.05, 0) is 49.7 Å². The lowest BCUT2D eigenvalue weighted by Crippen LogP contribution is -2.19. The van der Waals surface area contributed by atoms with Crippen LogP contribution < -0.4 is 5.43 Å². The van der Waals surface area contributed by atoms with Crippen molar-refractivity contribution in [2.24, 2.45) is 5.10 Å².